The lowest BCUT2D eigenvalue weighted by Crippen LogP contribution is -1.85. The molecule has 4 nitrogen and oxygen atoms in total. The normalized spacial score (nSPS) is 11.2. The van der Waals surface area contributed by atoms with Crippen LogP contribution in [0.15, 0.2) is 54.7 Å². The SMILES string of the molecule is Oc1ccc2nc(-c3ccnc4ccccc34)[nH]c2c1. The predicted molar refractivity (Wildman–Crippen MR) is 78.5 cm³/mol. The number of H-pyrrole nitrogens is 1. The summed E-state index contributed by atoms with van der Waals surface area (Å²) < 4.78 is 0. The molecule has 0 radical (unpaired) electrons. The van der Waals surface area contributed by atoms with Gasteiger partial charge >= 0.3 is 0 Å². The molecule has 20 heavy (non-hydrogen) atoms. The summed E-state index contributed by atoms with van der Waals surface area (Å²) in [6.45, 7) is 0. The average molecular weight is 261 g/mol. The van der Waals surface area contributed by atoms with E-state index in [1.807, 2.05) is 30.3 Å². The molecule has 4 rings (SSSR count). The molecule has 0 atom stereocenters. The lowest BCUT2D eigenvalue weighted by molar-refractivity contribution is 0.476. The zero-order chi connectivity index (χ0) is 13.5. The van der Waals surface area contributed by atoms with Crippen LogP contribution in [0.1, 0.15) is 0 Å². The minimum Gasteiger partial charge on any atom is -0.508 e. The second kappa shape index (κ2) is 4.06. The molecule has 2 heterocycles. The monoisotopic (exact) mass is 261 g/mol. The van der Waals surface area contributed by atoms with Crippen LogP contribution < -0.4 is 0 Å². The number of phenolic OH excluding ortho intramolecular Hbond substituents is 1. The fourth-order valence-corrected chi connectivity index (χ4v) is 2.43. The van der Waals surface area contributed by atoms with Gasteiger partial charge in [0.15, 0.2) is 0 Å². The highest BCUT2D eigenvalue weighted by atomic mass is 16.3. The molecule has 0 bridgehead atoms. The number of imidazole rings is 1. The number of phenols is 1. The summed E-state index contributed by atoms with van der Waals surface area (Å²) in [5, 5.41) is 10.6. The van der Waals surface area contributed by atoms with E-state index in [0.29, 0.717) is 0 Å². The molecule has 0 spiro atoms. The lowest BCUT2D eigenvalue weighted by Gasteiger charge is -2.02. The van der Waals surface area contributed by atoms with Crippen LogP contribution in [0.3, 0.4) is 0 Å². The van der Waals surface area contributed by atoms with Gasteiger partial charge in [-0.3, -0.25) is 4.98 Å². The molecular weight excluding hydrogens is 250 g/mol. The number of hydrogen-bond donors (Lipinski definition) is 2. The van der Waals surface area contributed by atoms with Crippen molar-refractivity contribution in [3.05, 3.63) is 54.7 Å². The molecule has 0 aliphatic carbocycles. The molecule has 0 amide bonds. The summed E-state index contributed by atoms with van der Waals surface area (Å²) in [6, 6.07) is 15.0. The van der Waals surface area contributed by atoms with Crippen LogP contribution in [0.5, 0.6) is 5.75 Å². The van der Waals surface area contributed by atoms with E-state index in [0.717, 1.165) is 33.3 Å². The second-order valence-corrected chi connectivity index (χ2v) is 4.66. The first-order chi connectivity index (χ1) is 9.81. The third-order valence-corrected chi connectivity index (χ3v) is 3.37. The molecule has 0 fully saturated rings. The van der Waals surface area contributed by atoms with Gasteiger partial charge in [0.2, 0.25) is 0 Å². The Morgan fingerprint density at radius 3 is 2.80 bits per heavy atom. The largest absolute Gasteiger partial charge is 0.508 e. The number of aromatic hydroxyl groups is 1. The average Bonchev–Trinajstić information content (AvgIpc) is 2.89. The first-order valence-corrected chi connectivity index (χ1v) is 6.34. The Bertz CT molecular complexity index is 922. The second-order valence-electron chi connectivity index (χ2n) is 4.66. The summed E-state index contributed by atoms with van der Waals surface area (Å²) in [7, 11) is 0. The Labute approximate surface area is 114 Å². The van der Waals surface area contributed by atoms with Gasteiger partial charge in [-0.2, -0.15) is 0 Å². The van der Waals surface area contributed by atoms with Crippen LogP contribution in [-0.4, -0.2) is 20.1 Å². The first kappa shape index (κ1) is 11.0. The van der Waals surface area contributed by atoms with Gasteiger partial charge in [0, 0.05) is 23.2 Å². The summed E-state index contributed by atoms with van der Waals surface area (Å²) in [5.41, 5.74) is 3.60. The highest BCUT2D eigenvalue weighted by Gasteiger charge is 2.09. The minimum atomic E-state index is 0.229. The minimum absolute atomic E-state index is 0.229. The Balaban J connectivity index is 2.01. The van der Waals surface area contributed by atoms with Gasteiger partial charge < -0.3 is 10.1 Å². The van der Waals surface area contributed by atoms with Crippen molar-refractivity contribution in [1.82, 2.24) is 15.0 Å². The number of fused-ring (bicyclic) bond motifs is 2. The summed E-state index contributed by atoms with van der Waals surface area (Å²) in [4.78, 5) is 12.2. The molecule has 2 N–H and O–H groups in total. The number of nitrogens with one attached hydrogen (secondary N) is 1. The zero-order valence-electron chi connectivity index (χ0n) is 10.5. The van der Waals surface area contributed by atoms with Gasteiger partial charge in [-0.15, -0.1) is 0 Å². The van der Waals surface area contributed by atoms with E-state index in [1.165, 1.54) is 0 Å². The van der Waals surface area contributed by atoms with Gasteiger partial charge in [-0.1, -0.05) is 18.2 Å². The maximum absolute atomic E-state index is 9.52. The molecule has 4 aromatic rings. The Hall–Kier alpha value is -2.88. The zero-order valence-corrected chi connectivity index (χ0v) is 10.5. The number of benzene rings is 2. The van der Waals surface area contributed by atoms with Crippen molar-refractivity contribution in [2.75, 3.05) is 0 Å². The van der Waals surface area contributed by atoms with Crippen LogP contribution in [0.4, 0.5) is 0 Å². The molecule has 2 aromatic heterocycles. The van der Waals surface area contributed by atoms with Crippen molar-refractivity contribution in [1.29, 1.82) is 0 Å². The standard InChI is InChI=1S/C16H11N3O/c20-10-5-6-14-15(9-10)19-16(18-14)12-7-8-17-13-4-2-1-3-11(12)13/h1-9,20H,(H,18,19). The Kier molecular flexibility index (Phi) is 2.23. The maximum Gasteiger partial charge on any atom is 0.139 e. The molecule has 2 aromatic carbocycles. The number of hydrogen-bond acceptors (Lipinski definition) is 3. The van der Waals surface area contributed by atoms with Crippen molar-refractivity contribution in [3.63, 3.8) is 0 Å². The third-order valence-electron chi connectivity index (χ3n) is 3.37. The van der Waals surface area contributed by atoms with E-state index in [9.17, 15) is 5.11 Å². The van der Waals surface area contributed by atoms with Crippen molar-refractivity contribution in [3.8, 4) is 17.1 Å². The summed E-state index contributed by atoms with van der Waals surface area (Å²) in [6.07, 6.45) is 1.78. The molecule has 96 valence electrons. The van der Waals surface area contributed by atoms with E-state index in [-0.39, 0.29) is 5.75 Å². The molecule has 4 heteroatoms. The van der Waals surface area contributed by atoms with E-state index < -0.39 is 0 Å². The molecule has 0 aliphatic heterocycles. The fourth-order valence-electron chi connectivity index (χ4n) is 2.43. The van der Waals surface area contributed by atoms with Gasteiger partial charge in [-0.05, 0) is 24.3 Å². The molecule has 0 unspecified atom stereocenters. The van der Waals surface area contributed by atoms with Gasteiger partial charge in [0.25, 0.3) is 0 Å². The third kappa shape index (κ3) is 1.62. The predicted octanol–water partition coefficient (Wildman–Crippen LogP) is 3.48. The van der Waals surface area contributed by atoms with Crippen LogP contribution in [0, 0.1) is 0 Å². The molecule has 0 aliphatic rings. The van der Waals surface area contributed by atoms with E-state index in [2.05, 4.69) is 15.0 Å². The van der Waals surface area contributed by atoms with Crippen LogP contribution in [-0.2, 0) is 0 Å². The van der Waals surface area contributed by atoms with E-state index in [4.69, 9.17) is 0 Å². The van der Waals surface area contributed by atoms with Crippen molar-refractivity contribution >= 4 is 21.9 Å². The van der Waals surface area contributed by atoms with Crippen molar-refractivity contribution in [2.45, 2.75) is 0 Å². The van der Waals surface area contributed by atoms with Gasteiger partial charge in [-0.25, -0.2) is 4.98 Å². The van der Waals surface area contributed by atoms with E-state index in [1.54, 1.807) is 24.4 Å². The maximum atomic E-state index is 9.52. The Morgan fingerprint density at radius 1 is 0.950 bits per heavy atom. The number of pyridine rings is 1. The summed E-state index contributed by atoms with van der Waals surface area (Å²) >= 11 is 0. The molecular formula is C16H11N3O. The van der Waals surface area contributed by atoms with Crippen molar-refractivity contribution < 1.29 is 5.11 Å². The number of aromatic nitrogens is 3. The highest BCUT2D eigenvalue weighted by molar-refractivity contribution is 5.94. The number of para-hydroxylation sites is 1. The first-order valence-electron chi connectivity index (χ1n) is 6.34. The number of aromatic amines is 1. The van der Waals surface area contributed by atoms with Crippen LogP contribution >= 0.6 is 0 Å². The van der Waals surface area contributed by atoms with Crippen LogP contribution in [0.25, 0.3) is 33.3 Å². The highest BCUT2D eigenvalue weighted by Crippen LogP contribution is 2.27. The van der Waals surface area contributed by atoms with Crippen molar-refractivity contribution in [2.24, 2.45) is 0 Å². The van der Waals surface area contributed by atoms with Crippen LogP contribution in [0.2, 0.25) is 0 Å². The summed E-state index contributed by atoms with van der Waals surface area (Å²) in [5.74, 6) is 1.01. The molecule has 0 saturated heterocycles. The lowest BCUT2D eigenvalue weighted by atomic mass is 10.1. The van der Waals surface area contributed by atoms with Gasteiger partial charge in [0.1, 0.15) is 11.6 Å². The van der Waals surface area contributed by atoms with E-state index >= 15 is 0 Å². The topological polar surface area (TPSA) is 61.8 Å². The Morgan fingerprint density at radius 2 is 1.85 bits per heavy atom. The quantitative estimate of drug-likeness (QED) is 0.551. The molecule has 0 saturated carbocycles. The smallest absolute Gasteiger partial charge is 0.139 e. The van der Waals surface area contributed by atoms with Gasteiger partial charge in [0.05, 0.1) is 16.6 Å². The fraction of sp³-hybridized carbons (Fsp3) is 0. The number of rotatable bonds is 1. The number of nitrogens with zero attached hydrogens (tertiary/aromatic N) is 2.